The lowest BCUT2D eigenvalue weighted by molar-refractivity contribution is -0.121. The van der Waals surface area contributed by atoms with E-state index in [1.54, 1.807) is 18.3 Å². The number of likely N-dealkylation sites (tertiary alicyclic amines) is 1. The molecule has 1 fully saturated rings. The summed E-state index contributed by atoms with van der Waals surface area (Å²) in [6, 6.07) is 2.88. The second-order valence-electron chi connectivity index (χ2n) is 4.31. The van der Waals surface area contributed by atoms with Gasteiger partial charge in [-0.05, 0) is 24.5 Å². The van der Waals surface area contributed by atoms with Gasteiger partial charge in [-0.2, -0.15) is 0 Å². The minimum Gasteiger partial charge on any atom is -0.368 e. The van der Waals surface area contributed by atoms with E-state index < -0.39 is 11.9 Å². The SMILES string of the molecule is NCc1ccc(C(=O)N2CCCC2C(N)=O)nc1. The number of primary amides is 1. The molecule has 0 bridgehead atoms. The van der Waals surface area contributed by atoms with Crippen molar-refractivity contribution in [3.8, 4) is 0 Å². The molecule has 1 unspecified atom stereocenters. The molecule has 6 nitrogen and oxygen atoms in total. The third-order valence-electron chi connectivity index (χ3n) is 3.12. The Kier molecular flexibility index (Phi) is 3.57. The van der Waals surface area contributed by atoms with Crippen LogP contribution in [0.5, 0.6) is 0 Å². The van der Waals surface area contributed by atoms with E-state index in [0.717, 1.165) is 12.0 Å². The van der Waals surface area contributed by atoms with Crippen LogP contribution < -0.4 is 11.5 Å². The van der Waals surface area contributed by atoms with Crippen molar-refractivity contribution < 1.29 is 9.59 Å². The van der Waals surface area contributed by atoms with Crippen LogP contribution in [0.15, 0.2) is 18.3 Å². The van der Waals surface area contributed by atoms with Gasteiger partial charge >= 0.3 is 0 Å². The van der Waals surface area contributed by atoms with E-state index in [2.05, 4.69) is 4.98 Å². The number of amides is 2. The van der Waals surface area contributed by atoms with Crippen LogP contribution in [0.1, 0.15) is 28.9 Å². The van der Waals surface area contributed by atoms with E-state index in [4.69, 9.17) is 11.5 Å². The summed E-state index contributed by atoms with van der Waals surface area (Å²) in [6.45, 7) is 0.932. The Hall–Kier alpha value is -1.95. The zero-order chi connectivity index (χ0) is 13.1. The summed E-state index contributed by atoms with van der Waals surface area (Å²) in [7, 11) is 0. The van der Waals surface area contributed by atoms with Crippen LogP contribution in [-0.4, -0.2) is 34.3 Å². The van der Waals surface area contributed by atoms with E-state index in [-0.39, 0.29) is 5.91 Å². The first-order chi connectivity index (χ1) is 8.63. The van der Waals surface area contributed by atoms with Crippen LogP contribution in [-0.2, 0) is 11.3 Å². The first-order valence-corrected chi connectivity index (χ1v) is 5.88. The number of nitrogens with zero attached hydrogens (tertiary/aromatic N) is 2. The molecular formula is C12H16N4O2. The third kappa shape index (κ3) is 2.33. The van der Waals surface area contributed by atoms with Gasteiger partial charge in [-0.1, -0.05) is 6.07 Å². The van der Waals surface area contributed by atoms with Gasteiger partial charge in [0.05, 0.1) is 0 Å². The number of rotatable bonds is 3. The number of hydrogen-bond donors (Lipinski definition) is 2. The van der Waals surface area contributed by atoms with Crippen LogP contribution in [0.4, 0.5) is 0 Å². The molecule has 96 valence electrons. The monoisotopic (exact) mass is 248 g/mol. The Labute approximate surface area is 105 Å². The lowest BCUT2D eigenvalue weighted by Crippen LogP contribution is -2.43. The smallest absolute Gasteiger partial charge is 0.273 e. The van der Waals surface area contributed by atoms with Gasteiger partial charge in [0.1, 0.15) is 11.7 Å². The summed E-state index contributed by atoms with van der Waals surface area (Å²) < 4.78 is 0. The molecule has 1 aliphatic heterocycles. The largest absolute Gasteiger partial charge is 0.368 e. The highest BCUT2D eigenvalue weighted by atomic mass is 16.2. The van der Waals surface area contributed by atoms with E-state index in [1.165, 1.54) is 4.90 Å². The maximum atomic E-state index is 12.2. The number of hydrogen-bond acceptors (Lipinski definition) is 4. The van der Waals surface area contributed by atoms with E-state index in [9.17, 15) is 9.59 Å². The van der Waals surface area contributed by atoms with Gasteiger partial charge in [-0.15, -0.1) is 0 Å². The van der Waals surface area contributed by atoms with Crippen molar-refractivity contribution >= 4 is 11.8 Å². The first-order valence-electron chi connectivity index (χ1n) is 5.88. The average Bonchev–Trinajstić information content (AvgIpc) is 2.87. The van der Waals surface area contributed by atoms with Gasteiger partial charge in [0.2, 0.25) is 5.91 Å². The van der Waals surface area contributed by atoms with Crippen LogP contribution in [0.3, 0.4) is 0 Å². The Morgan fingerprint density at radius 2 is 2.22 bits per heavy atom. The van der Waals surface area contributed by atoms with Crippen molar-refractivity contribution in [2.45, 2.75) is 25.4 Å². The van der Waals surface area contributed by atoms with Crippen molar-refractivity contribution in [2.24, 2.45) is 11.5 Å². The van der Waals surface area contributed by atoms with Crippen LogP contribution in [0.2, 0.25) is 0 Å². The molecule has 1 aliphatic rings. The average molecular weight is 248 g/mol. The second-order valence-corrected chi connectivity index (χ2v) is 4.31. The van der Waals surface area contributed by atoms with Crippen molar-refractivity contribution in [1.29, 1.82) is 0 Å². The molecule has 6 heteroatoms. The number of carbonyl (C=O) groups is 2. The topological polar surface area (TPSA) is 102 Å². The lowest BCUT2D eigenvalue weighted by atomic mass is 10.2. The molecule has 2 rings (SSSR count). The van der Waals surface area contributed by atoms with Gasteiger partial charge in [0, 0.05) is 19.3 Å². The predicted octanol–water partition coefficient (Wildman–Crippen LogP) is -0.370. The van der Waals surface area contributed by atoms with Gasteiger partial charge in [0.25, 0.3) is 5.91 Å². The number of pyridine rings is 1. The molecule has 1 aromatic heterocycles. The molecule has 1 aromatic rings. The molecule has 0 radical (unpaired) electrons. The van der Waals surface area contributed by atoms with E-state index in [0.29, 0.717) is 25.2 Å². The number of nitrogens with two attached hydrogens (primary N) is 2. The summed E-state index contributed by atoms with van der Waals surface area (Å²) in [6.07, 6.45) is 2.99. The predicted molar refractivity (Wildman–Crippen MR) is 65.4 cm³/mol. The number of carbonyl (C=O) groups excluding carboxylic acids is 2. The van der Waals surface area contributed by atoms with Crippen molar-refractivity contribution in [3.63, 3.8) is 0 Å². The summed E-state index contributed by atoms with van der Waals surface area (Å²) in [4.78, 5) is 29.0. The van der Waals surface area contributed by atoms with E-state index in [1.807, 2.05) is 0 Å². The fourth-order valence-electron chi connectivity index (χ4n) is 2.12. The van der Waals surface area contributed by atoms with Crippen molar-refractivity contribution in [1.82, 2.24) is 9.88 Å². The first kappa shape index (κ1) is 12.5. The lowest BCUT2D eigenvalue weighted by Gasteiger charge is -2.21. The molecule has 18 heavy (non-hydrogen) atoms. The summed E-state index contributed by atoms with van der Waals surface area (Å²) in [5.41, 5.74) is 11.9. The summed E-state index contributed by atoms with van der Waals surface area (Å²) >= 11 is 0. The van der Waals surface area contributed by atoms with Crippen molar-refractivity contribution in [2.75, 3.05) is 6.54 Å². The van der Waals surface area contributed by atoms with Crippen molar-refractivity contribution in [3.05, 3.63) is 29.6 Å². The quantitative estimate of drug-likeness (QED) is 0.761. The van der Waals surface area contributed by atoms with Gasteiger partial charge in [0.15, 0.2) is 0 Å². The highest BCUT2D eigenvalue weighted by Gasteiger charge is 2.33. The Bertz CT molecular complexity index is 458. The molecule has 0 aliphatic carbocycles. The zero-order valence-electron chi connectivity index (χ0n) is 10.0. The maximum Gasteiger partial charge on any atom is 0.273 e. The fourth-order valence-corrected chi connectivity index (χ4v) is 2.12. The minimum atomic E-state index is -0.506. The van der Waals surface area contributed by atoms with Gasteiger partial charge in [-0.3, -0.25) is 14.6 Å². The molecular weight excluding hydrogens is 232 g/mol. The third-order valence-corrected chi connectivity index (χ3v) is 3.12. The molecule has 1 saturated heterocycles. The fraction of sp³-hybridized carbons (Fsp3) is 0.417. The highest BCUT2D eigenvalue weighted by Crippen LogP contribution is 2.19. The number of aromatic nitrogens is 1. The molecule has 2 amide bonds. The normalized spacial score (nSPS) is 18.9. The van der Waals surface area contributed by atoms with Crippen LogP contribution >= 0.6 is 0 Å². The molecule has 0 spiro atoms. The maximum absolute atomic E-state index is 12.2. The molecule has 4 N–H and O–H groups in total. The Balaban J connectivity index is 2.17. The Morgan fingerprint density at radius 3 is 2.78 bits per heavy atom. The van der Waals surface area contributed by atoms with Crippen LogP contribution in [0, 0.1) is 0 Å². The molecule has 0 saturated carbocycles. The van der Waals surface area contributed by atoms with Gasteiger partial charge < -0.3 is 16.4 Å². The molecule has 1 atom stereocenters. The molecule has 0 aromatic carbocycles. The molecule has 2 heterocycles. The second kappa shape index (κ2) is 5.14. The zero-order valence-corrected chi connectivity index (χ0v) is 10.0. The minimum absolute atomic E-state index is 0.250. The highest BCUT2D eigenvalue weighted by molar-refractivity contribution is 5.96. The van der Waals surface area contributed by atoms with Crippen LogP contribution in [0.25, 0.3) is 0 Å². The standard InChI is InChI=1S/C12H16N4O2/c13-6-8-3-4-9(15-7-8)12(18)16-5-1-2-10(16)11(14)17/h3-4,7,10H,1-2,5-6,13H2,(H2,14,17). The summed E-state index contributed by atoms with van der Waals surface area (Å²) in [5.74, 6) is -0.709. The summed E-state index contributed by atoms with van der Waals surface area (Å²) in [5, 5.41) is 0. The van der Waals surface area contributed by atoms with E-state index >= 15 is 0 Å². The Morgan fingerprint density at radius 1 is 1.44 bits per heavy atom. The van der Waals surface area contributed by atoms with Gasteiger partial charge in [-0.25, -0.2) is 0 Å².